The maximum atomic E-state index is 13.4. The number of benzene rings is 1. The van der Waals surface area contributed by atoms with E-state index in [1.54, 1.807) is 13.1 Å². The summed E-state index contributed by atoms with van der Waals surface area (Å²) >= 11 is 0. The van der Waals surface area contributed by atoms with E-state index in [0.717, 1.165) is 29.7 Å². The van der Waals surface area contributed by atoms with Crippen LogP contribution in [0.2, 0.25) is 0 Å². The Labute approximate surface area is 175 Å². The van der Waals surface area contributed by atoms with Gasteiger partial charge in [-0.25, -0.2) is 4.39 Å². The van der Waals surface area contributed by atoms with Crippen molar-refractivity contribution in [2.45, 2.75) is 26.3 Å². The lowest BCUT2D eigenvalue weighted by Gasteiger charge is -2.27. The number of guanidine groups is 1. The molecular formula is C19H27FIN3O3. The maximum Gasteiger partial charge on any atom is 0.191 e. The smallest absolute Gasteiger partial charge is 0.191 e. The van der Waals surface area contributed by atoms with Crippen LogP contribution < -0.4 is 10.6 Å². The molecule has 2 aromatic rings. The highest BCUT2D eigenvalue weighted by Crippen LogP contribution is 2.31. The Morgan fingerprint density at radius 1 is 1.37 bits per heavy atom. The number of hydrogen-bond donors (Lipinski definition) is 3. The summed E-state index contributed by atoms with van der Waals surface area (Å²) in [6.45, 7) is 4.56. The van der Waals surface area contributed by atoms with Gasteiger partial charge in [0.25, 0.3) is 0 Å². The molecule has 0 spiro atoms. The highest BCUT2D eigenvalue weighted by Gasteiger charge is 2.34. The first-order valence-electron chi connectivity index (χ1n) is 8.87. The van der Waals surface area contributed by atoms with Gasteiger partial charge in [-0.05, 0) is 38.0 Å². The van der Waals surface area contributed by atoms with Crippen LogP contribution in [0.4, 0.5) is 4.39 Å². The van der Waals surface area contributed by atoms with Gasteiger partial charge in [0.2, 0.25) is 0 Å². The van der Waals surface area contributed by atoms with Crippen molar-refractivity contribution >= 4 is 40.9 Å². The predicted molar refractivity (Wildman–Crippen MR) is 114 cm³/mol. The highest BCUT2D eigenvalue weighted by atomic mass is 127. The van der Waals surface area contributed by atoms with Crippen molar-refractivity contribution in [3.8, 4) is 0 Å². The fourth-order valence-corrected chi connectivity index (χ4v) is 3.38. The molecule has 0 aliphatic carbocycles. The number of furan rings is 1. The van der Waals surface area contributed by atoms with Gasteiger partial charge in [0.1, 0.15) is 17.2 Å². The molecule has 1 aromatic heterocycles. The van der Waals surface area contributed by atoms with Gasteiger partial charge in [0.05, 0.1) is 13.2 Å². The normalized spacial score (nSPS) is 19.9. The first-order valence-corrected chi connectivity index (χ1v) is 8.87. The summed E-state index contributed by atoms with van der Waals surface area (Å²) in [5.41, 5.74) is 1.54. The Bertz CT molecular complexity index is 788. The minimum atomic E-state index is -0.272. The number of aliphatic imine (C=N–C) groups is 1. The fraction of sp³-hybridized carbons (Fsp3) is 0.526. The number of halogens is 2. The molecule has 1 aromatic carbocycles. The third-order valence-corrected chi connectivity index (χ3v) is 5.09. The minimum absolute atomic E-state index is 0. The number of fused-ring (bicyclic) bond motifs is 1. The second-order valence-electron chi connectivity index (χ2n) is 6.85. The van der Waals surface area contributed by atoms with Crippen LogP contribution in [0.25, 0.3) is 11.0 Å². The van der Waals surface area contributed by atoms with Crippen molar-refractivity contribution in [2.24, 2.45) is 10.4 Å². The van der Waals surface area contributed by atoms with Crippen LogP contribution >= 0.6 is 24.0 Å². The number of hydrogen-bond acceptors (Lipinski definition) is 4. The van der Waals surface area contributed by atoms with Crippen LogP contribution in [0.1, 0.15) is 24.2 Å². The lowest BCUT2D eigenvalue weighted by molar-refractivity contribution is 0.127. The zero-order valence-electron chi connectivity index (χ0n) is 15.7. The molecule has 0 bridgehead atoms. The SMILES string of the molecule is CN=C(NCc1oc2ccc(F)cc2c1C)NCC1(CCO)CCOC1.I. The number of aliphatic hydroxyl groups is 1. The summed E-state index contributed by atoms with van der Waals surface area (Å²) < 4.78 is 24.8. The van der Waals surface area contributed by atoms with Crippen molar-refractivity contribution in [1.82, 2.24) is 10.6 Å². The van der Waals surface area contributed by atoms with Crippen molar-refractivity contribution < 1.29 is 18.7 Å². The summed E-state index contributed by atoms with van der Waals surface area (Å²) in [5.74, 6) is 1.13. The largest absolute Gasteiger partial charge is 0.459 e. The summed E-state index contributed by atoms with van der Waals surface area (Å²) in [6.07, 6.45) is 1.62. The van der Waals surface area contributed by atoms with E-state index in [4.69, 9.17) is 9.15 Å². The molecule has 0 amide bonds. The summed E-state index contributed by atoms with van der Waals surface area (Å²) in [5, 5.41) is 16.7. The van der Waals surface area contributed by atoms with E-state index < -0.39 is 0 Å². The van der Waals surface area contributed by atoms with Gasteiger partial charge in [0.15, 0.2) is 5.96 Å². The van der Waals surface area contributed by atoms with Crippen LogP contribution in [0.5, 0.6) is 0 Å². The van der Waals surface area contributed by atoms with Crippen LogP contribution in [0.15, 0.2) is 27.6 Å². The zero-order chi connectivity index (χ0) is 18.6. The number of aliphatic hydroxyl groups excluding tert-OH is 1. The van der Waals surface area contributed by atoms with Crippen molar-refractivity contribution in [3.05, 3.63) is 35.3 Å². The molecule has 27 heavy (non-hydrogen) atoms. The predicted octanol–water partition coefficient (Wildman–Crippen LogP) is 2.95. The number of rotatable bonds is 6. The molecule has 2 heterocycles. The van der Waals surface area contributed by atoms with Crippen LogP contribution in [-0.2, 0) is 11.3 Å². The average Bonchev–Trinajstić information content (AvgIpc) is 3.21. The van der Waals surface area contributed by atoms with Gasteiger partial charge in [0, 0.05) is 43.2 Å². The van der Waals surface area contributed by atoms with E-state index in [1.165, 1.54) is 12.1 Å². The highest BCUT2D eigenvalue weighted by molar-refractivity contribution is 14.0. The topological polar surface area (TPSA) is 79.0 Å². The Morgan fingerprint density at radius 2 is 2.19 bits per heavy atom. The van der Waals surface area contributed by atoms with E-state index in [9.17, 15) is 9.50 Å². The van der Waals surface area contributed by atoms with E-state index in [-0.39, 0.29) is 41.8 Å². The number of nitrogens with one attached hydrogen (secondary N) is 2. The zero-order valence-corrected chi connectivity index (χ0v) is 18.0. The molecule has 150 valence electrons. The Balaban J connectivity index is 0.00000261. The molecule has 1 aliphatic rings. The van der Waals surface area contributed by atoms with Crippen LogP contribution in [-0.4, -0.2) is 44.5 Å². The van der Waals surface area contributed by atoms with E-state index in [1.807, 2.05) is 6.92 Å². The molecule has 3 N–H and O–H groups in total. The Hall–Kier alpha value is -1.39. The summed E-state index contributed by atoms with van der Waals surface area (Å²) in [6, 6.07) is 4.53. The van der Waals surface area contributed by atoms with Gasteiger partial charge in [-0.3, -0.25) is 4.99 Å². The molecule has 3 rings (SSSR count). The summed E-state index contributed by atoms with van der Waals surface area (Å²) in [4.78, 5) is 4.24. The van der Waals surface area contributed by atoms with Crippen LogP contribution in [0.3, 0.4) is 0 Å². The first kappa shape index (κ1) is 21.9. The van der Waals surface area contributed by atoms with Crippen molar-refractivity contribution in [1.29, 1.82) is 0 Å². The number of ether oxygens (including phenoxy) is 1. The summed E-state index contributed by atoms with van der Waals surface area (Å²) in [7, 11) is 1.71. The maximum absolute atomic E-state index is 13.4. The fourth-order valence-electron chi connectivity index (χ4n) is 3.38. The van der Waals surface area contributed by atoms with Crippen LogP contribution in [0, 0.1) is 18.2 Å². The third-order valence-electron chi connectivity index (χ3n) is 5.09. The molecule has 6 nitrogen and oxygen atoms in total. The quantitative estimate of drug-likeness (QED) is 0.329. The van der Waals surface area contributed by atoms with Crippen molar-refractivity contribution in [3.63, 3.8) is 0 Å². The molecule has 1 unspecified atom stereocenters. The lowest BCUT2D eigenvalue weighted by Crippen LogP contribution is -2.44. The Morgan fingerprint density at radius 3 is 2.85 bits per heavy atom. The van der Waals surface area contributed by atoms with Gasteiger partial charge in [-0.15, -0.1) is 24.0 Å². The Kier molecular flexibility index (Phi) is 7.87. The van der Waals surface area contributed by atoms with E-state index in [0.29, 0.717) is 37.7 Å². The first-order chi connectivity index (χ1) is 12.6. The lowest BCUT2D eigenvalue weighted by atomic mass is 9.84. The second kappa shape index (κ2) is 9.70. The second-order valence-corrected chi connectivity index (χ2v) is 6.85. The number of aryl methyl sites for hydroxylation is 1. The minimum Gasteiger partial charge on any atom is -0.459 e. The van der Waals surface area contributed by atoms with Gasteiger partial charge < -0.3 is 24.9 Å². The number of nitrogens with zero attached hydrogens (tertiary/aromatic N) is 1. The molecule has 0 radical (unpaired) electrons. The molecule has 1 aliphatic heterocycles. The van der Waals surface area contributed by atoms with Gasteiger partial charge in [-0.1, -0.05) is 0 Å². The van der Waals surface area contributed by atoms with Gasteiger partial charge >= 0.3 is 0 Å². The van der Waals surface area contributed by atoms with E-state index >= 15 is 0 Å². The third kappa shape index (κ3) is 5.11. The average molecular weight is 491 g/mol. The molecule has 8 heteroatoms. The standard InChI is InChI=1S/C19H26FN3O3.HI/c1-13-15-9-14(20)3-4-16(15)26-17(13)10-22-18(21-2)23-11-19(5-7-24)6-8-25-12-19;/h3-4,9,24H,5-8,10-12H2,1-2H3,(H2,21,22,23);1H. The van der Waals surface area contributed by atoms with Gasteiger partial charge in [-0.2, -0.15) is 0 Å². The molecule has 1 fully saturated rings. The van der Waals surface area contributed by atoms with E-state index in [2.05, 4.69) is 15.6 Å². The molecule has 0 saturated carbocycles. The van der Waals surface area contributed by atoms with Crippen molar-refractivity contribution in [2.75, 3.05) is 33.4 Å². The molecule has 1 saturated heterocycles. The monoisotopic (exact) mass is 491 g/mol. The molecular weight excluding hydrogens is 464 g/mol. The molecule has 1 atom stereocenters.